The highest BCUT2D eigenvalue weighted by atomic mass is 35.5. The minimum atomic E-state index is -0.191. The van der Waals surface area contributed by atoms with Crippen molar-refractivity contribution in [2.24, 2.45) is 0 Å². The van der Waals surface area contributed by atoms with Gasteiger partial charge < -0.3 is 9.84 Å². The number of nitrogens with zero attached hydrogens (tertiary/aromatic N) is 1. The molecule has 2 aromatic carbocycles. The molecule has 0 spiro atoms. The van der Waals surface area contributed by atoms with E-state index in [4.69, 9.17) is 27.9 Å². The first kappa shape index (κ1) is 21.3. The van der Waals surface area contributed by atoms with Crippen molar-refractivity contribution in [2.45, 2.75) is 65.5 Å². The zero-order valence-electron chi connectivity index (χ0n) is 17.5. The molecule has 0 atom stereocenters. The summed E-state index contributed by atoms with van der Waals surface area (Å²) in [5.41, 5.74) is 3.61. The van der Waals surface area contributed by atoms with Gasteiger partial charge in [-0.2, -0.15) is 0 Å². The SMILES string of the molecule is CC(C)(C)c1cc(Cl)cc(CN2COc3c(cc(Cl)cc3C(C)(C)C)C2)c1O. The van der Waals surface area contributed by atoms with Crippen LogP contribution in [0.3, 0.4) is 0 Å². The lowest BCUT2D eigenvalue weighted by Gasteiger charge is -2.33. The highest BCUT2D eigenvalue weighted by Crippen LogP contribution is 2.40. The third kappa shape index (κ3) is 4.42. The lowest BCUT2D eigenvalue weighted by atomic mass is 9.84. The molecule has 1 aliphatic heterocycles. The Balaban J connectivity index is 1.91. The molecule has 0 aromatic heterocycles. The summed E-state index contributed by atoms with van der Waals surface area (Å²) in [5, 5.41) is 12.2. The van der Waals surface area contributed by atoms with Crippen LogP contribution in [0, 0.1) is 0 Å². The van der Waals surface area contributed by atoms with Gasteiger partial charge in [-0.25, -0.2) is 0 Å². The number of fused-ring (bicyclic) bond motifs is 1. The lowest BCUT2D eigenvalue weighted by Crippen LogP contribution is -2.33. The molecule has 2 aromatic rings. The van der Waals surface area contributed by atoms with Crippen molar-refractivity contribution < 1.29 is 9.84 Å². The van der Waals surface area contributed by atoms with Crippen molar-refractivity contribution in [2.75, 3.05) is 6.73 Å². The van der Waals surface area contributed by atoms with Gasteiger partial charge in [0.15, 0.2) is 0 Å². The third-order valence-electron chi connectivity index (χ3n) is 5.08. The molecule has 0 unspecified atom stereocenters. The second-order valence-electron chi connectivity index (χ2n) is 9.66. The summed E-state index contributed by atoms with van der Waals surface area (Å²) in [6.45, 7) is 14.4. The lowest BCUT2D eigenvalue weighted by molar-refractivity contribution is 0.0859. The van der Waals surface area contributed by atoms with Gasteiger partial charge in [-0.3, -0.25) is 4.90 Å². The molecular formula is C23H29Cl2NO2. The maximum absolute atomic E-state index is 10.8. The molecule has 5 heteroatoms. The van der Waals surface area contributed by atoms with E-state index in [-0.39, 0.29) is 10.8 Å². The summed E-state index contributed by atoms with van der Waals surface area (Å²) in [5.74, 6) is 1.24. The first-order valence-corrected chi connectivity index (χ1v) is 10.3. The van der Waals surface area contributed by atoms with Gasteiger partial charge in [0, 0.05) is 45.4 Å². The molecule has 3 nitrogen and oxygen atoms in total. The van der Waals surface area contributed by atoms with E-state index in [1.807, 2.05) is 24.3 Å². The van der Waals surface area contributed by atoms with E-state index in [1.165, 1.54) is 0 Å². The fourth-order valence-electron chi connectivity index (χ4n) is 3.63. The van der Waals surface area contributed by atoms with Gasteiger partial charge in [0.1, 0.15) is 18.2 Å². The van der Waals surface area contributed by atoms with Gasteiger partial charge in [-0.1, -0.05) is 64.7 Å². The maximum atomic E-state index is 10.8. The second kappa shape index (κ2) is 7.44. The molecule has 152 valence electrons. The van der Waals surface area contributed by atoms with Gasteiger partial charge in [0.05, 0.1) is 0 Å². The van der Waals surface area contributed by atoms with Gasteiger partial charge in [0.25, 0.3) is 0 Å². The average molecular weight is 422 g/mol. The van der Waals surface area contributed by atoms with E-state index in [1.54, 1.807) is 0 Å². The van der Waals surface area contributed by atoms with E-state index in [0.29, 0.717) is 30.6 Å². The molecule has 28 heavy (non-hydrogen) atoms. The van der Waals surface area contributed by atoms with Crippen LogP contribution in [0.2, 0.25) is 10.0 Å². The molecule has 0 saturated heterocycles. The minimum Gasteiger partial charge on any atom is -0.507 e. The van der Waals surface area contributed by atoms with Crippen molar-refractivity contribution in [3.05, 3.63) is 56.6 Å². The van der Waals surface area contributed by atoms with E-state index in [9.17, 15) is 5.11 Å². The predicted octanol–water partition coefficient (Wildman–Crippen LogP) is 6.65. The Morgan fingerprint density at radius 3 is 2.11 bits per heavy atom. The van der Waals surface area contributed by atoms with Crippen LogP contribution in [-0.4, -0.2) is 16.7 Å². The fourth-order valence-corrected chi connectivity index (χ4v) is 4.11. The standard InChI is InChI=1S/C23H29Cl2NO2/c1-22(2,3)18-9-16(24)7-14(20(18)27)11-26-12-15-8-17(25)10-19(23(4,5)6)21(15)28-13-26/h7-10,27H,11-13H2,1-6H3. The third-order valence-corrected chi connectivity index (χ3v) is 5.52. The summed E-state index contributed by atoms with van der Waals surface area (Å²) >= 11 is 12.7. The molecular weight excluding hydrogens is 393 g/mol. The number of ether oxygens (including phenoxy) is 1. The number of phenols is 1. The smallest absolute Gasteiger partial charge is 0.142 e. The van der Waals surface area contributed by atoms with Crippen molar-refractivity contribution in [1.82, 2.24) is 4.90 Å². The van der Waals surface area contributed by atoms with Crippen LogP contribution in [0.15, 0.2) is 24.3 Å². The first-order valence-electron chi connectivity index (χ1n) is 9.56. The molecule has 0 aliphatic carbocycles. The molecule has 3 rings (SSSR count). The van der Waals surface area contributed by atoms with E-state index in [2.05, 4.69) is 46.4 Å². The minimum absolute atomic E-state index is 0.0516. The number of rotatable bonds is 2. The zero-order chi connectivity index (χ0) is 20.9. The maximum Gasteiger partial charge on any atom is 0.142 e. The summed E-state index contributed by atoms with van der Waals surface area (Å²) in [4.78, 5) is 2.14. The Kier molecular flexibility index (Phi) is 5.66. The van der Waals surface area contributed by atoms with Crippen molar-refractivity contribution in [3.63, 3.8) is 0 Å². The van der Waals surface area contributed by atoms with E-state index in [0.717, 1.165) is 33.0 Å². The summed E-state index contributed by atoms with van der Waals surface area (Å²) in [6, 6.07) is 7.64. The predicted molar refractivity (Wildman–Crippen MR) is 117 cm³/mol. The molecule has 0 radical (unpaired) electrons. The summed E-state index contributed by atoms with van der Waals surface area (Å²) < 4.78 is 6.14. The van der Waals surface area contributed by atoms with Gasteiger partial charge in [-0.05, 0) is 35.1 Å². The normalized spacial score (nSPS) is 15.3. The number of hydrogen-bond donors (Lipinski definition) is 1. The quantitative estimate of drug-likeness (QED) is 0.588. The Morgan fingerprint density at radius 2 is 1.50 bits per heavy atom. The van der Waals surface area contributed by atoms with Crippen LogP contribution < -0.4 is 4.74 Å². The van der Waals surface area contributed by atoms with Crippen LogP contribution in [0.4, 0.5) is 0 Å². The topological polar surface area (TPSA) is 32.7 Å². The highest BCUT2D eigenvalue weighted by molar-refractivity contribution is 6.31. The van der Waals surface area contributed by atoms with Crippen molar-refractivity contribution in [1.29, 1.82) is 0 Å². The Hall–Kier alpha value is -1.42. The average Bonchev–Trinajstić information content (AvgIpc) is 2.55. The molecule has 0 saturated carbocycles. The molecule has 1 aliphatic rings. The molecule has 0 amide bonds. The summed E-state index contributed by atoms with van der Waals surface area (Å²) in [6.07, 6.45) is 0. The Bertz CT molecular complexity index is 895. The molecule has 1 heterocycles. The van der Waals surface area contributed by atoms with Crippen molar-refractivity contribution in [3.8, 4) is 11.5 Å². The van der Waals surface area contributed by atoms with Gasteiger partial charge >= 0.3 is 0 Å². The largest absolute Gasteiger partial charge is 0.507 e. The number of hydrogen-bond acceptors (Lipinski definition) is 3. The summed E-state index contributed by atoms with van der Waals surface area (Å²) in [7, 11) is 0. The van der Waals surface area contributed by atoms with Crippen LogP contribution in [0.25, 0.3) is 0 Å². The Morgan fingerprint density at radius 1 is 0.929 bits per heavy atom. The number of aromatic hydroxyl groups is 1. The number of benzene rings is 2. The second-order valence-corrected chi connectivity index (χ2v) is 10.5. The number of halogens is 2. The monoisotopic (exact) mass is 421 g/mol. The van der Waals surface area contributed by atoms with Crippen LogP contribution in [-0.2, 0) is 23.9 Å². The highest BCUT2D eigenvalue weighted by Gasteiger charge is 2.28. The van der Waals surface area contributed by atoms with Crippen molar-refractivity contribution >= 4 is 23.2 Å². The Labute approximate surface area is 178 Å². The fraction of sp³-hybridized carbons (Fsp3) is 0.478. The van der Waals surface area contributed by atoms with Crippen LogP contribution in [0.1, 0.15) is 63.8 Å². The molecule has 1 N–H and O–H groups in total. The number of phenolic OH excluding ortho intramolecular Hbond substituents is 1. The van der Waals surface area contributed by atoms with Gasteiger partial charge in [0.2, 0.25) is 0 Å². The van der Waals surface area contributed by atoms with Crippen LogP contribution >= 0.6 is 23.2 Å². The van der Waals surface area contributed by atoms with Crippen LogP contribution in [0.5, 0.6) is 11.5 Å². The molecule has 0 fully saturated rings. The van der Waals surface area contributed by atoms with E-state index >= 15 is 0 Å². The molecule has 0 bridgehead atoms. The van der Waals surface area contributed by atoms with Gasteiger partial charge in [-0.15, -0.1) is 0 Å². The van der Waals surface area contributed by atoms with E-state index < -0.39 is 0 Å². The zero-order valence-corrected chi connectivity index (χ0v) is 19.0. The first-order chi connectivity index (χ1) is 12.9.